The van der Waals surface area contributed by atoms with E-state index in [0.29, 0.717) is 11.8 Å². The maximum atomic E-state index is 12.6. The van der Waals surface area contributed by atoms with Gasteiger partial charge in [0.1, 0.15) is 0 Å². The Labute approximate surface area is 111 Å². The maximum Gasteiger partial charge on any atom is 0.225 e. The van der Waals surface area contributed by atoms with E-state index >= 15 is 0 Å². The van der Waals surface area contributed by atoms with Gasteiger partial charge in [-0.3, -0.25) is 4.79 Å². The fraction of sp³-hybridized carbons (Fsp3) is 0.933. The van der Waals surface area contributed by atoms with Crippen LogP contribution in [0.2, 0.25) is 0 Å². The van der Waals surface area contributed by atoms with Gasteiger partial charge in [0.05, 0.1) is 0 Å². The number of hydrogen-bond donors (Lipinski definition) is 1. The van der Waals surface area contributed by atoms with Crippen LogP contribution >= 0.6 is 0 Å². The Hall–Kier alpha value is -0.570. The Morgan fingerprint density at radius 2 is 2.00 bits per heavy atom. The summed E-state index contributed by atoms with van der Waals surface area (Å²) in [5, 5.41) is 0. The Morgan fingerprint density at radius 1 is 1.28 bits per heavy atom. The number of nitrogens with zero attached hydrogens (tertiary/aromatic N) is 1. The molecule has 0 radical (unpaired) electrons. The number of nitrogens with two attached hydrogens (primary N) is 1. The monoisotopic (exact) mass is 252 g/mol. The van der Waals surface area contributed by atoms with Crippen LogP contribution in [-0.2, 0) is 4.79 Å². The van der Waals surface area contributed by atoms with Gasteiger partial charge in [-0.2, -0.15) is 0 Å². The van der Waals surface area contributed by atoms with E-state index in [1.165, 1.54) is 6.42 Å². The highest BCUT2D eigenvalue weighted by atomic mass is 16.2. The lowest BCUT2D eigenvalue weighted by Crippen LogP contribution is -2.48. The fourth-order valence-corrected chi connectivity index (χ4v) is 3.73. The Morgan fingerprint density at radius 3 is 2.61 bits per heavy atom. The summed E-state index contributed by atoms with van der Waals surface area (Å²) in [4.78, 5) is 14.7. The molecule has 2 rings (SSSR count). The number of carbonyl (C=O) groups excluding carboxylic acids is 1. The molecule has 1 heterocycles. The normalized spacial score (nSPS) is 36.4. The number of carbonyl (C=O) groups is 1. The van der Waals surface area contributed by atoms with Gasteiger partial charge < -0.3 is 10.6 Å². The third-order valence-corrected chi connectivity index (χ3v) is 4.54. The second-order valence-corrected chi connectivity index (χ2v) is 7.30. The first-order valence-corrected chi connectivity index (χ1v) is 7.42. The van der Waals surface area contributed by atoms with Crippen molar-refractivity contribution >= 4 is 5.91 Å². The standard InChI is InChI=1S/C15H28N2O/c1-11-7-12(9-13(16)8-11)14(18)17-6-4-5-15(2,3)10-17/h11-13H,4-10,16H2,1-3H3. The van der Waals surface area contributed by atoms with Crippen LogP contribution in [0.1, 0.15) is 52.9 Å². The zero-order valence-electron chi connectivity index (χ0n) is 12.1. The zero-order valence-corrected chi connectivity index (χ0v) is 12.1. The van der Waals surface area contributed by atoms with Crippen LogP contribution in [0.25, 0.3) is 0 Å². The van der Waals surface area contributed by atoms with Gasteiger partial charge in [0.15, 0.2) is 0 Å². The van der Waals surface area contributed by atoms with Gasteiger partial charge in [-0.15, -0.1) is 0 Å². The van der Waals surface area contributed by atoms with Gasteiger partial charge in [-0.1, -0.05) is 20.8 Å². The number of amides is 1. The average Bonchev–Trinajstić information content (AvgIpc) is 2.25. The van der Waals surface area contributed by atoms with Crippen LogP contribution in [0.15, 0.2) is 0 Å². The molecule has 2 fully saturated rings. The van der Waals surface area contributed by atoms with Crippen LogP contribution in [0.3, 0.4) is 0 Å². The highest BCUT2D eigenvalue weighted by Crippen LogP contribution is 2.33. The summed E-state index contributed by atoms with van der Waals surface area (Å²) in [7, 11) is 0. The van der Waals surface area contributed by atoms with E-state index in [9.17, 15) is 4.79 Å². The van der Waals surface area contributed by atoms with Crippen molar-refractivity contribution in [3.8, 4) is 0 Å². The first-order valence-electron chi connectivity index (χ1n) is 7.42. The average molecular weight is 252 g/mol. The summed E-state index contributed by atoms with van der Waals surface area (Å²) in [6.45, 7) is 8.62. The van der Waals surface area contributed by atoms with Crippen molar-refractivity contribution in [3.63, 3.8) is 0 Å². The van der Waals surface area contributed by atoms with E-state index in [4.69, 9.17) is 5.73 Å². The molecule has 3 unspecified atom stereocenters. The lowest BCUT2D eigenvalue weighted by molar-refractivity contribution is -0.140. The minimum Gasteiger partial charge on any atom is -0.342 e. The molecule has 104 valence electrons. The maximum absolute atomic E-state index is 12.6. The Bertz CT molecular complexity index is 300. The van der Waals surface area contributed by atoms with Crippen LogP contribution in [0.4, 0.5) is 0 Å². The molecule has 0 aromatic rings. The molecule has 18 heavy (non-hydrogen) atoms. The van der Waals surface area contributed by atoms with Gasteiger partial charge in [0.25, 0.3) is 0 Å². The molecule has 1 amide bonds. The number of hydrogen-bond acceptors (Lipinski definition) is 2. The summed E-state index contributed by atoms with van der Waals surface area (Å²) < 4.78 is 0. The smallest absolute Gasteiger partial charge is 0.225 e. The highest BCUT2D eigenvalue weighted by Gasteiger charge is 2.35. The molecule has 1 aliphatic heterocycles. The third kappa shape index (κ3) is 3.25. The number of rotatable bonds is 1. The van der Waals surface area contributed by atoms with Crippen molar-refractivity contribution in [1.82, 2.24) is 4.90 Å². The van der Waals surface area contributed by atoms with Gasteiger partial charge >= 0.3 is 0 Å². The summed E-state index contributed by atoms with van der Waals surface area (Å²) >= 11 is 0. The summed E-state index contributed by atoms with van der Waals surface area (Å²) in [5.41, 5.74) is 6.35. The van der Waals surface area contributed by atoms with Crippen molar-refractivity contribution in [2.24, 2.45) is 23.0 Å². The molecule has 3 heteroatoms. The molecular formula is C15H28N2O. The number of likely N-dealkylation sites (tertiary alicyclic amines) is 1. The minimum absolute atomic E-state index is 0.178. The van der Waals surface area contributed by atoms with Crippen LogP contribution < -0.4 is 5.73 Å². The largest absolute Gasteiger partial charge is 0.342 e. The first kappa shape index (κ1) is 13.9. The van der Waals surface area contributed by atoms with Gasteiger partial charge in [0, 0.05) is 25.0 Å². The molecule has 0 aromatic heterocycles. The van der Waals surface area contributed by atoms with Gasteiger partial charge in [-0.05, 0) is 43.4 Å². The van der Waals surface area contributed by atoms with Crippen molar-refractivity contribution < 1.29 is 4.79 Å². The van der Waals surface area contributed by atoms with E-state index in [0.717, 1.165) is 38.8 Å². The summed E-state index contributed by atoms with van der Waals surface area (Å²) in [5.74, 6) is 1.14. The van der Waals surface area contributed by atoms with Crippen molar-refractivity contribution in [1.29, 1.82) is 0 Å². The molecule has 0 bridgehead atoms. The molecule has 3 atom stereocenters. The highest BCUT2D eigenvalue weighted by molar-refractivity contribution is 5.79. The van der Waals surface area contributed by atoms with Crippen molar-refractivity contribution in [2.45, 2.75) is 58.9 Å². The van der Waals surface area contributed by atoms with Crippen molar-refractivity contribution in [2.75, 3.05) is 13.1 Å². The quantitative estimate of drug-likeness (QED) is 0.779. The van der Waals surface area contributed by atoms with E-state index in [2.05, 4.69) is 25.7 Å². The molecule has 3 nitrogen and oxygen atoms in total. The van der Waals surface area contributed by atoms with Crippen LogP contribution in [0.5, 0.6) is 0 Å². The van der Waals surface area contributed by atoms with E-state index in [-0.39, 0.29) is 17.4 Å². The molecule has 0 spiro atoms. The SMILES string of the molecule is CC1CC(N)CC(C(=O)N2CCCC(C)(C)C2)C1. The van der Waals surface area contributed by atoms with Crippen molar-refractivity contribution in [3.05, 3.63) is 0 Å². The second kappa shape index (κ2) is 5.20. The molecule has 1 aliphatic carbocycles. The van der Waals surface area contributed by atoms with Crippen LogP contribution in [0, 0.1) is 17.3 Å². The van der Waals surface area contributed by atoms with Gasteiger partial charge in [-0.25, -0.2) is 0 Å². The van der Waals surface area contributed by atoms with Crippen LogP contribution in [-0.4, -0.2) is 29.9 Å². The number of piperidine rings is 1. The summed E-state index contributed by atoms with van der Waals surface area (Å²) in [6, 6.07) is 0.223. The molecule has 1 saturated heterocycles. The molecular weight excluding hydrogens is 224 g/mol. The first-order chi connectivity index (χ1) is 8.37. The topological polar surface area (TPSA) is 46.3 Å². The van der Waals surface area contributed by atoms with E-state index < -0.39 is 0 Å². The second-order valence-electron chi connectivity index (χ2n) is 7.30. The predicted molar refractivity (Wildman–Crippen MR) is 74.1 cm³/mol. The Balaban J connectivity index is 1.98. The molecule has 2 aliphatic rings. The lowest BCUT2D eigenvalue weighted by Gasteiger charge is -2.41. The fourth-order valence-electron chi connectivity index (χ4n) is 3.73. The molecule has 1 saturated carbocycles. The van der Waals surface area contributed by atoms with E-state index in [1.54, 1.807) is 0 Å². The van der Waals surface area contributed by atoms with E-state index in [1.807, 2.05) is 0 Å². The zero-order chi connectivity index (χ0) is 13.3. The molecule has 2 N–H and O–H groups in total. The minimum atomic E-state index is 0.178. The van der Waals surface area contributed by atoms with Gasteiger partial charge in [0.2, 0.25) is 5.91 Å². The third-order valence-electron chi connectivity index (χ3n) is 4.54. The molecule has 0 aromatic carbocycles. The Kier molecular flexibility index (Phi) is 4.00. The lowest BCUT2D eigenvalue weighted by atomic mass is 9.78. The summed E-state index contributed by atoms with van der Waals surface area (Å²) in [6.07, 6.45) is 5.38. The predicted octanol–water partition coefficient (Wildman–Crippen LogP) is 2.40.